The molecule has 0 unspecified atom stereocenters. The van der Waals surface area contributed by atoms with Crippen molar-refractivity contribution >= 4 is 44.3 Å². The molecule has 0 aliphatic carbocycles. The minimum Gasteiger partial charge on any atom is -0.462 e. The number of amides is 1. The van der Waals surface area contributed by atoms with Crippen molar-refractivity contribution in [3.05, 3.63) is 59.4 Å². The topological polar surface area (TPSA) is 85.4 Å². The van der Waals surface area contributed by atoms with Gasteiger partial charge in [-0.05, 0) is 49.4 Å². The highest BCUT2D eigenvalue weighted by Crippen LogP contribution is 2.27. The zero-order valence-corrected chi connectivity index (χ0v) is 15.8. The monoisotopic (exact) mass is 400 g/mol. The van der Waals surface area contributed by atoms with E-state index in [0.717, 1.165) is 4.70 Å². The first-order chi connectivity index (χ1) is 13.5. The summed E-state index contributed by atoms with van der Waals surface area (Å²) in [5, 5.41) is 3.05. The van der Waals surface area contributed by atoms with E-state index in [2.05, 4.69) is 10.3 Å². The van der Waals surface area contributed by atoms with E-state index in [1.807, 2.05) is 0 Å². The number of esters is 1. The van der Waals surface area contributed by atoms with Gasteiger partial charge in [0.1, 0.15) is 5.82 Å². The molecular weight excluding hydrogens is 383 g/mol. The first kappa shape index (κ1) is 19.6. The van der Waals surface area contributed by atoms with Gasteiger partial charge < -0.3 is 10.1 Å². The number of hydrogen-bond donors (Lipinski definition) is 1. The molecule has 1 aromatic heterocycles. The van der Waals surface area contributed by atoms with E-state index < -0.39 is 11.8 Å². The molecule has 0 bridgehead atoms. The molecule has 2 aromatic carbocycles. The van der Waals surface area contributed by atoms with Gasteiger partial charge in [0.05, 0.1) is 22.4 Å². The van der Waals surface area contributed by atoms with Gasteiger partial charge >= 0.3 is 5.97 Å². The van der Waals surface area contributed by atoms with Gasteiger partial charge in [-0.15, -0.1) is 0 Å². The Morgan fingerprint density at radius 2 is 1.79 bits per heavy atom. The summed E-state index contributed by atoms with van der Waals surface area (Å²) in [5.74, 6) is -1.42. The lowest BCUT2D eigenvalue weighted by Crippen LogP contribution is -2.13. The molecule has 1 amide bonds. The molecule has 0 saturated heterocycles. The predicted octanol–water partition coefficient (Wildman–Crippen LogP) is 4.21. The lowest BCUT2D eigenvalue weighted by Gasteiger charge is -2.02. The number of aromatic nitrogens is 1. The molecule has 28 heavy (non-hydrogen) atoms. The van der Waals surface area contributed by atoms with Gasteiger partial charge in [0.15, 0.2) is 10.9 Å². The highest BCUT2D eigenvalue weighted by molar-refractivity contribution is 7.22. The van der Waals surface area contributed by atoms with Gasteiger partial charge in [0.2, 0.25) is 5.91 Å². The van der Waals surface area contributed by atoms with Crippen molar-refractivity contribution in [2.24, 2.45) is 0 Å². The van der Waals surface area contributed by atoms with Gasteiger partial charge in [-0.3, -0.25) is 9.59 Å². The van der Waals surface area contributed by atoms with Crippen LogP contribution in [0.2, 0.25) is 0 Å². The predicted molar refractivity (Wildman–Crippen MR) is 104 cm³/mol. The van der Waals surface area contributed by atoms with Gasteiger partial charge in [-0.1, -0.05) is 11.3 Å². The third-order valence-corrected chi connectivity index (χ3v) is 4.82. The Labute approximate surface area is 164 Å². The molecule has 0 aliphatic heterocycles. The molecule has 6 nitrogen and oxygen atoms in total. The van der Waals surface area contributed by atoms with Crippen LogP contribution in [0.5, 0.6) is 0 Å². The van der Waals surface area contributed by atoms with Crippen LogP contribution in [0.25, 0.3) is 10.2 Å². The van der Waals surface area contributed by atoms with Crippen molar-refractivity contribution in [1.82, 2.24) is 4.98 Å². The normalized spacial score (nSPS) is 10.6. The Kier molecular flexibility index (Phi) is 6.10. The molecule has 1 heterocycles. The van der Waals surface area contributed by atoms with E-state index in [0.29, 0.717) is 21.8 Å². The summed E-state index contributed by atoms with van der Waals surface area (Å²) in [4.78, 5) is 40.3. The van der Waals surface area contributed by atoms with E-state index in [-0.39, 0.29) is 31.1 Å². The SMILES string of the molecule is CCOC(=O)c1ccc2nc(NC(=O)CCC(=O)c3ccc(F)cc3)sc2c1. The standard InChI is InChI=1S/C20H17FN2O4S/c1-2-27-19(26)13-5-8-15-17(11-13)28-20(22-15)23-18(25)10-9-16(24)12-3-6-14(21)7-4-12/h3-8,11H,2,9-10H2,1H3,(H,22,23,25). The second-order valence-corrected chi connectivity index (χ2v) is 6.93. The number of hydrogen-bond acceptors (Lipinski definition) is 6. The molecule has 1 N–H and O–H groups in total. The highest BCUT2D eigenvalue weighted by Gasteiger charge is 2.13. The lowest BCUT2D eigenvalue weighted by molar-refractivity contribution is -0.116. The second kappa shape index (κ2) is 8.71. The van der Waals surface area contributed by atoms with Crippen molar-refractivity contribution < 1.29 is 23.5 Å². The summed E-state index contributed by atoms with van der Waals surface area (Å²) >= 11 is 1.23. The van der Waals surface area contributed by atoms with Crippen LogP contribution in [0.4, 0.5) is 9.52 Å². The van der Waals surface area contributed by atoms with Gasteiger partial charge in [-0.2, -0.15) is 0 Å². The van der Waals surface area contributed by atoms with Crippen LogP contribution in [0.1, 0.15) is 40.5 Å². The minimum absolute atomic E-state index is 0.00929. The number of carbonyl (C=O) groups is 3. The third kappa shape index (κ3) is 4.77. The zero-order chi connectivity index (χ0) is 20.1. The number of benzene rings is 2. The fourth-order valence-electron chi connectivity index (χ4n) is 2.51. The number of carbonyl (C=O) groups excluding carboxylic acids is 3. The summed E-state index contributed by atoms with van der Waals surface area (Å²) in [5.41, 5.74) is 1.43. The number of ether oxygens (including phenoxy) is 1. The molecule has 0 spiro atoms. The van der Waals surface area contributed by atoms with Crippen molar-refractivity contribution in [2.75, 3.05) is 11.9 Å². The fraction of sp³-hybridized carbons (Fsp3) is 0.200. The number of thiazole rings is 1. The number of nitrogens with zero attached hydrogens (tertiary/aromatic N) is 1. The minimum atomic E-state index is -0.420. The van der Waals surface area contributed by atoms with E-state index >= 15 is 0 Å². The largest absolute Gasteiger partial charge is 0.462 e. The number of rotatable bonds is 7. The molecule has 0 fully saturated rings. The Morgan fingerprint density at radius 1 is 1.07 bits per heavy atom. The molecule has 3 rings (SSSR count). The van der Waals surface area contributed by atoms with Gasteiger partial charge in [0.25, 0.3) is 0 Å². The Morgan fingerprint density at radius 3 is 2.50 bits per heavy atom. The Balaban J connectivity index is 1.60. The van der Waals surface area contributed by atoms with Gasteiger partial charge in [-0.25, -0.2) is 14.2 Å². The van der Waals surface area contributed by atoms with Crippen molar-refractivity contribution in [3.63, 3.8) is 0 Å². The molecule has 144 valence electrons. The molecule has 0 aliphatic rings. The lowest BCUT2D eigenvalue weighted by atomic mass is 10.1. The van der Waals surface area contributed by atoms with E-state index in [1.54, 1.807) is 25.1 Å². The number of halogens is 1. The molecule has 0 radical (unpaired) electrons. The van der Waals surface area contributed by atoms with E-state index in [4.69, 9.17) is 4.74 Å². The Bertz CT molecular complexity index is 1030. The summed E-state index contributed by atoms with van der Waals surface area (Å²) in [6, 6.07) is 10.2. The average Bonchev–Trinajstić information content (AvgIpc) is 3.08. The zero-order valence-electron chi connectivity index (χ0n) is 15.0. The van der Waals surface area contributed by atoms with Crippen LogP contribution in [0.3, 0.4) is 0 Å². The highest BCUT2D eigenvalue weighted by atomic mass is 32.1. The van der Waals surface area contributed by atoms with Crippen molar-refractivity contribution in [1.29, 1.82) is 0 Å². The first-order valence-corrected chi connectivity index (χ1v) is 9.44. The van der Waals surface area contributed by atoms with Gasteiger partial charge in [0, 0.05) is 18.4 Å². The number of Topliss-reactive ketones (excluding diaryl/α,β-unsaturated/α-hetero) is 1. The van der Waals surface area contributed by atoms with Crippen molar-refractivity contribution in [2.45, 2.75) is 19.8 Å². The van der Waals surface area contributed by atoms with Crippen LogP contribution in [-0.2, 0) is 9.53 Å². The number of nitrogens with one attached hydrogen (secondary N) is 1. The molecule has 3 aromatic rings. The summed E-state index contributed by atoms with van der Waals surface area (Å²) in [6.07, 6.45) is -0.00439. The maximum atomic E-state index is 12.9. The van der Waals surface area contributed by atoms with Crippen LogP contribution in [0, 0.1) is 5.82 Å². The first-order valence-electron chi connectivity index (χ1n) is 8.62. The third-order valence-electron chi connectivity index (χ3n) is 3.89. The van der Waals surface area contributed by atoms with Crippen LogP contribution >= 0.6 is 11.3 Å². The summed E-state index contributed by atoms with van der Waals surface area (Å²) in [6.45, 7) is 2.02. The number of anilines is 1. The molecule has 0 atom stereocenters. The van der Waals surface area contributed by atoms with E-state index in [1.165, 1.54) is 35.6 Å². The fourth-order valence-corrected chi connectivity index (χ4v) is 3.43. The maximum absolute atomic E-state index is 12.9. The summed E-state index contributed by atoms with van der Waals surface area (Å²) < 4.78 is 18.6. The quantitative estimate of drug-likeness (QED) is 0.474. The Hall–Kier alpha value is -3.13. The molecular formula is C20H17FN2O4S. The smallest absolute Gasteiger partial charge is 0.338 e. The van der Waals surface area contributed by atoms with Crippen LogP contribution < -0.4 is 5.32 Å². The van der Waals surface area contributed by atoms with Crippen LogP contribution in [-0.4, -0.2) is 29.3 Å². The average molecular weight is 400 g/mol. The maximum Gasteiger partial charge on any atom is 0.338 e. The molecule has 0 saturated carbocycles. The summed E-state index contributed by atoms with van der Waals surface area (Å²) in [7, 11) is 0. The molecule has 8 heteroatoms. The van der Waals surface area contributed by atoms with Crippen molar-refractivity contribution in [3.8, 4) is 0 Å². The number of fused-ring (bicyclic) bond motifs is 1. The van der Waals surface area contributed by atoms with E-state index in [9.17, 15) is 18.8 Å². The number of ketones is 1. The van der Waals surface area contributed by atoms with Crippen LogP contribution in [0.15, 0.2) is 42.5 Å². The second-order valence-electron chi connectivity index (χ2n) is 5.90.